The van der Waals surface area contributed by atoms with E-state index in [1.165, 1.54) is 4.31 Å². The fraction of sp³-hybridized carbons (Fsp3) is 0.700. The SMILES string of the molecule is CN(CCN(c1cnn(C)c1)S(=O)[O-])C1COC1. The predicted molar refractivity (Wildman–Crippen MR) is 66.7 cm³/mol. The molecule has 0 spiro atoms. The van der Waals surface area contributed by atoms with Crippen molar-refractivity contribution in [3.63, 3.8) is 0 Å². The van der Waals surface area contributed by atoms with Crippen LogP contribution in [0.4, 0.5) is 5.69 Å². The van der Waals surface area contributed by atoms with Crippen LogP contribution in [-0.2, 0) is 23.1 Å². The van der Waals surface area contributed by atoms with Crippen molar-refractivity contribution in [3.05, 3.63) is 12.4 Å². The fourth-order valence-electron chi connectivity index (χ4n) is 1.74. The first-order valence-electron chi connectivity index (χ1n) is 5.71. The maximum Gasteiger partial charge on any atom is 0.0862 e. The summed E-state index contributed by atoms with van der Waals surface area (Å²) >= 11 is -2.28. The van der Waals surface area contributed by atoms with Crippen LogP contribution in [0.25, 0.3) is 0 Å². The number of ether oxygens (including phenoxy) is 1. The lowest BCUT2D eigenvalue weighted by molar-refractivity contribution is -0.0548. The molecule has 1 atom stereocenters. The Balaban J connectivity index is 1.92. The largest absolute Gasteiger partial charge is 0.755 e. The van der Waals surface area contributed by atoms with Gasteiger partial charge in [-0.25, -0.2) is 0 Å². The molecule has 1 aliphatic rings. The minimum atomic E-state index is -2.28. The van der Waals surface area contributed by atoms with Crippen molar-refractivity contribution < 1.29 is 13.5 Å². The number of rotatable bonds is 6. The highest BCUT2D eigenvalue weighted by Crippen LogP contribution is 2.14. The molecule has 7 nitrogen and oxygen atoms in total. The van der Waals surface area contributed by atoms with Gasteiger partial charge in [0.1, 0.15) is 0 Å². The van der Waals surface area contributed by atoms with Crippen molar-refractivity contribution in [1.82, 2.24) is 14.7 Å². The average molecular weight is 273 g/mol. The Hall–Kier alpha value is -0.960. The summed E-state index contributed by atoms with van der Waals surface area (Å²) in [6.45, 7) is 2.53. The summed E-state index contributed by atoms with van der Waals surface area (Å²) in [5.74, 6) is 0. The molecule has 0 aliphatic carbocycles. The fourth-order valence-corrected chi connectivity index (χ4v) is 2.23. The van der Waals surface area contributed by atoms with Gasteiger partial charge in [-0.05, 0) is 7.05 Å². The van der Waals surface area contributed by atoms with E-state index in [9.17, 15) is 8.76 Å². The number of hydrogen-bond acceptors (Lipinski definition) is 5. The van der Waals surface area contributed by atoms with Crippen LogP contribution in [0, 0.1) is 0 Å². The highest BCUT2D eigenvalue weighted by Gasteiger charge is 2.23. The van der Waals surface area contributed by atoms with Gasteiger partial charge in [0, 0.05) is 37.6 Å². The molecule has 1 aliphatic heterocycles. The van der Waals surface area contributed by atoms with Gasteiger partial charge in [0.05, 0.1) is 31.1 Å². The monoisotopic (exact) mass is 273 g/mol. The van der Waals surface area contributed by atoms with Gasteiger partial charge in [-0.3, -0.25) is 18.1 Å². The molecule has 1 unspecified atom stereocenters. The average Bonchev–Trinajstić information content (AvgIpc) is 2.62. The predicted octanol–water partition coefficient (Wildman–Crippen LogP) is -0.649. The summed E-state index contributed by atoms with van der Waals surface area (Å²) in [4.78, 5) is 2.11. The van der Waals surface area contributed by atoms with E-state index in [2.05, 4.69) is 10.00 Å². The molecule has 0 aromatic carbocycles. The van der Waals surface area contributed by atoms with E-state index in [4.69, 9.17) is 4.74 Å². The summed E-state index contributed by atoms with van der Waals surface area (Å²) in [6.07, 6.45) is 3.23. The van der Waals surface area contributed by atoms with Gasteiger partial charge in [0.15, 0.2) is 0 Å². The smallest absolute Gasteiger partial charge is 0.0862 e. The standard InChI is InChI=1S/C10H18N4O3S/c1-12(10-7-17-8-10)3-4-14(18(15)16)9-5-11-13(2)6-9/h5-6,10H,3-4,7-8H2,1-2H3,(H,15,16)/p-1. The molecule has 2 rings (SSSR count). The molecule has 8 heteroatoms. The minimum Gasteiger partial charge on any atom is -0.755 e. The molecule has 0 bridgehead atoms. The van der Waals surface area contributed by atoms with Crippen molar-refractivity contribution in [1.29, 1.82) is 0 Å². The summed E-state index contributed by atoms with van der Waals surface area (Å²) in [6, 6.07) is 0.404. The van der Waals surface area contributed by atoms with Gasteiger partial charge in [0.2, 0.25) is 0 Å². The Morgan fingerprint density at radius 1 is 1.61 bits per heavy atom. The zero-order valence-electron chi connectivity index (χ0n) is 10.5. The Morgan fingerprint density at radius 3 is 2.78 bits per heavy atom. The van der Waals surface area contributed by atoms with Gasteiger partial charge >= 0.3 is 0 Å². The second kappa shape index (κ2) is 5.79. The Labute approximate surface area is 109 Å². The van der Waals surface area contributed by atoms with Crippen LogP contribution in [0.1, 0.15) is 0 Å². The number of aromatic nitrogens is 2. The van der Waals surface area contributed by atoms with Crippen molar-refractivity contribution in [2.45, 2.75) is 6.04 Å². The van der Waals surface area contributed by atoms with E-state index in [1.54, 1.807) is 24.1 Å². The first-order chi connectivity index (χ1) is 8.58. The second-order valence-corrected chi connectivity index (χ2v) is 5.24. The lowest BCUT2D eigenvalue weighted by atomic mass is 10.2. The molecule has 1 aromatic heterocycles. The van der Waals surface area contributed by atoms with Crippen LogP contribution in [0.2, 0.25) is 0 Å². The molecule has 2 heterocycles. The van der Waals surface area contributed by atoms with Gasteiger partial charge in [-0.2, -0.15) is 5.10 Å². The zero-order valence-corrected chi connectivity index (χ0v) is 11.3. The topological polar surface area (TPSA) is 73.7 Å². The number of nitrogens with zero attached hydrogens (tertiary/aromatic N) is 4. The van der Waals surface area contributed by atoms with Crippen LogP contribution < -0.4 is 4.31 Å². The summed E-state index contributed by atoms with van der Waals surface area (Å²) in [5.41, 5.74) is 0.587. The molecule has 0 amide bonds. The lowest BCUT2D eigenvalue weighted by Crippen LogP contribution is -2.49. The van der Waals surface area contributed by atoms with Crippen LogP contribution in [0.3, 0.4) is 0 Å². The molecule has 1 saturated heterocycles. The van der Waals surface area contributed by atoms with E-state index in [-0.39, 0.29) is 0 Å². The third-order valence-electron chi connectivity index (χ3n) is 3.06. The van der Waals surface area contributed by atoms with E-state index in [0.29, 0.717) is 24.8 Å². The molecule has 0 saturated carbocycles. The Bertz CT molecular complexity index is 421. The number of anilines is 1. The Morgan fingerprint density at radius 2 is 2.33 bits per heavy atom. The molecule has 1 aromatic rings. The van der Waals surface area contributed by atoms with Crippen LogP contribution in [-0.4, -0.2) is 62.8 Å². The Kier molecular flexibility index (Phi) is 4.33. The van der Waals surface area contributed by atoms with Crippen molar-refractivity contribution in [2.24, 2.45) is 7.05 Å². The number of hydrogen-bond donors (Lipinski definition) is 0. The normalized spacial score (nSPS) is 17.8. The van der Waals surface area contributed by atoms with Crippen LogP contribution in [0.15, 0.2) is 12.4 Å². The highest BCUT2D eigenvalue weighted by atomic mass is 32.2. The van der Waals surface area contributed by atoms with Crippen LogP contribution >= 0.6 is 0 Å². The van der Waals surface area contributed by atoms with Gasteiger partial charge < -0.3 is 9.29 Å². The number of likely N-dealkylation sites (N-methyl/N-ethyl adjacent to an activating group) is 1. The van der Waals surface area contributed by atoms with Crippen molar-refractivity contribution in [3.8, 4) is 0 Å². The van der Waals surface area contributed by atoms with Crippen LogP contribution in [0.5, 0.6) is 0 Å². The number of aryl methyl sites for hydroxylation is 1. The third-order valence-corrected chi connectivity index (χ3v) is 3.81. The minimum absolute atomic E-state index is 0.404. The van der Waals surface area contributed by atoms with E-state index < -0.39 is 11.3 Å². The molecular weight excluding hydrogens is 256 g/mol. The summed E-state index contributed by atoms with van der Waals surface area (Å²) < 4.78 is 30.4. The summed E-state index contributed by atoms with van der Waals surface area (Å²) in [5, 5.41) is 3.98. The van der Waals surface area contributed by atoms with E-state index in [0.717, 1.165) is 13.2 Å². The van der Waals surface area contributed by atoms with Crippen molar-refractivity contribution in [2.75, 3.05) is 37.7 Å². The quantitative estimate of drug-likeness (QED) is 0.644. The van der Waals surface area contributed by atoms with E-state index in [1.807, 2.05) is 7.05 Å². The molecule has 0 N–H and O–H groups in total. The maximum absolute atomic E-state index is 11.2. The molecular formula is C10H17N4O3S-. The van der Waals surface area contributed by atoms with Gasteiger partial charge in [0.25, 0.3) is 0 Å². The maximum atomic E-state index is 11.2. The zero-order chi connectivity index (χ0) is 13.1. The molecule has 18 heavy (non-hydrogen) atoms. The lowest BCUT2D eigenvalue weighted by Gasteiger charge is -2.36. The molecule has 0 radical (unpaired) electrons. The summed E-state index contributed by atoms with van der Waals surface area (Å²) in [7, 11) is 3.73. The molecule has 102 valence electrons. The first-order valence-corrected chi connectivity index (χ1v) is 6.74. The van der Waals surface area contributed by atoms with Gasteiger partial charge in [-0.15, -0.1) is 0 Å². The molecule has 1 fully saturated rings. The second-order valence-electron chi connectivity index (χ2n) is 4.36. The first kappa shape index (κ1) is 13.5. The highest BCUT2D eigenvalue weighted by molar-refractivity contribution is 7.80. The van der Waals surface area contributed by atoms with Crippen molar-refractivity contribution >= 4 is 17.0 Å². The van der Waals surface area contributed by atoms with E-state index >= 15 is 0 Å². The third kappa shape index (κ3) is 3.08. The van der Waals surface area contributed by atoms with Gasteiger partial charge in [-0.1, -0.05) is 0 Å².